The fourth-order valence-electron chi connectivity index (χ4n) is 2.83. The van der Waals surface area contributed by atoms with Gasteiger partial charge in [0, 0.05) is 31.7 Å². The van der Waals surface area contributed by atoms with Gasteiger partial charge in [-0.15, -0.1) is 0 Å². The van der Waals surface area contributed by atoms with Crippen molar-refractivity contribution in [3.63, 3.8) is 0 Å². The fourth-order valence-corrected chi connectivity index (χ4v) is 2.83. The number of piperazine rings is 1. The first-order valence-corrected chi connectivity index (χ1v) is 7.83. The van der Waals surface area contributed by atoms with Gasteiger partial charge >= 0.3 is 0 Å². The van der Waals surface area contributed by atoms with Crippen LogP contribution in [0.1, 0.15) is 18.9 Å². The Morgan fingerprint density at radius 1 is 1.26 bits per heavy atom. The smallest absolute Gasteiger partial charge is 0.248 e. The number of aliphatic hydroxyl groups is 1. The van der Waals surface area contributed by atoms with Gasteiger partial charge in [0.15, 0.2) is 5.76 Å². The quantitative estimate of drug-likeness (QED) is 0.927. The summed E-state index contributed by atoms with van der Waals surface area (Å²) in [7, 11) is 0. The Bertz CT molecular complexity index is 648. The maximum atomic E-state index is 11.5. The highest BCUT2D eigenvalue weighted by Crippen LogP contribution is 2.26. The molecule has 1 aliphatic heterocycles. The number of carbonyl (C=O) groups excluding carboxylic acids is 1. The first kappa shape index (κ1) is 15.7. The molecule has 6 heteroatoms. The second kappa shape index (κ2) is 6.93. The first-order valence-electron chi connectivity index (χ1n) is 7.83. The normalized spacial score (nSPS) is 17.2. The molecule has 3 rings (SSSR count). The van der Waals surface area contributed by atoms with Crippen LogP contribution in [0.25, 0.3) is 11.3 Å². The van der Waals surface area contributed by atoms with Gasteiger partial charge in [-0.25, -0.2) is 4.98 Å². The largest absolute Gasteiger partial charge is 0.439 e. The monoisotopic (exact) mass is 315 g/mol. The van der Waals surface area contributed by atoms with Crippen LogP contribution < -0.4 is 0 Å². The maximum Gasteiger partial charge on any atom is 0.248 e. The number of rotatable bonds is 4. The van der Waals surface area contributed by atoms with Crippen LogP contribution in [0.3, 0.4) is 0 Å². The predicted octanol–water partition coefficient (Wildman–Crippen LogP) is 1.54. The number of hydrogen-bond donors (Lipinski definition) is 1. The molecule has 1 aromatic carbocycles. The van der Waals surface area contributed by atoms with Crippen molar-refractivity contribution in [3.8, 4) is 11.3 Å². The van der Waals surface area contributed by atoms with Crippen LogP contribution in [0, 0.1) is 0 Å². The number of aliphatic hydroxyl groups excluding tert-OH is 1. The lowest BCUT2D eigenvalue weighted by Crippen LogP contribution is -2.50. The summed E-state index contributed by atoms with van der Waals surface area (Å²) in [5, 5.41) is 8.92. The highest BCUT2D eigenvalue weighted by atomic mass is 16.4. The van der Waals surface area contributed by atoms with Crippen LogP contribution in [0.15, 0.2) is 40.9 Å². The molecular weight excluding hydrogens is 294 g/mol. The average Bonchev–Trinajstić information content (AvgIpc) is 3.11. The average molecular weight is 315 g/mol. The summed E-state index contributed by atoms with van der Waals surface area (Å²) in [5.74, 6) is 1.24. The molecule has 1 atom stereocenters. The van der Waals surface area contributed by atoms with E-state index in [1.807, 2.05) is 30.3 Å². The van der Waals surface area contributed by atoms with E-state index in [4.69, 9.17) is 9.52 Å². The standard InChI is InChI=1S/C17H21N3O3/c1-13(19-7-9-20(10-8-19)16(22)12-21)17-18-11-15(23-17)14-5-3-2-4-6-14/h2-6,11,13,21H,7-10,12H2,1H3. The van der Waals surface area contributed by atoms with Gasteiger partial charge in [-0.2, -0.15) is 0 Å². The molecule has 1 unspecified atom stereocenters. The lowest BCUT2D eigenvalue weighted by atomic mass is 10.2. The number of oxazole rings is 1. The van der Waals surface area contributed by atoms with Crippen LogP contribution in [0.2, 0.25) is 0 Å². The Balaban J connectivity index is 1.64. The molecule has 2 heterocycles. The molecule has 0 bridgehead atoms. The molecule has 1 aromatic heterocycles. The third kappa shape index (κ3) is 3.43. The minimum Gasteiger partial charge on any atom is -0.439 e. The Kier molecular flexibility index (Phi) is 4.73. The van der Waals surface area contributed by atoms with Crippen molar-refractivity contribution in [1.29, 1.82) is 0 Å². The minimum atomic E-state index is -0.421. The van der Waals surface area contributed by atoms with Crippen molar-refractivity contribution >= 4 is 5.91 Å². The molecule has 122 valence electrons. The van der Waals surface area contributed by atoms with Crippen molar-refractivity contribution in [2.75, 3.05) is 32.8 Å². The number of benzene rings is 1. The summed E-state index contributed by atoms with van der Waals surface area (Å²) in [6.07, 6.45) is 1.76. The van der Waals surface area contributed by atoms with Gasteiger partial charge in [-0.05, 0) is 6.92 Å². The number of hydrogen-bond acceptors (Lipinski definition) is 5. The molecule has 1 N–H and O–H groups in total. The summed E-state index contributed by atoms with van der Waals surface area (Å²) < 4.78 is 5.91. The number of amides is 1. The van der Waals surface area contributed by atoms with Gasteiger partial charge in [0.05, 0.1) is 12.2 Å². The van der Waals surface area contributed by atoms with Crippen molar-refractivity contribution in [2.45, 2.75) is 13.0 Å². The minimum absolute atomic E-state index is 0.0545. The highest BCUT2D eigenvalue weighted by Gasteiger charge is 2.26. The van der Waals surface area contributed by atoms with E-state index in [1.165, 1.54) is 0 Å². The van der Waals surface area contributed by atoms with E-state index in [0.29, 0.717) is 19.0 Å². The lowest BCUT2D eigenvalue weighted by Gasteiger charge is -2.36. The van der Waals surface area contributed by atoms with E-state index in [0.717, 1.165) is 24.4 Å². The van der Waals surface area contributed by atoms with Crippen molar-refractivity contribution in [1.82, 2.24) is 14.8 Å². The van der Waals surface area contributed by atoms with Crippen LogP contribution in [0.5, 0.6) is 0 Å². The van der Waals surface area contributed by atoms with Gasteiger partial charge < -0.3 is 14.4 Å². The van der Waals surface area contributed by atoms with Crippen LogP contribution in [-0.4, -0.2) is 58.6 Å². The molecule has 0 radical (unpaired) electrons. The van der Waals surface area contributed by atoms with Gasteiger partial charge in [-0.1, -0.05) is 30.3 Å². The summed E-state index contributed by atoms with van der Waals surface area (Å²) in [6.45, 7) is 4.37. The topological polar surface area (TPSA) is 69.8 Å². The van der Waals surface area contributed by atoms with E-state index < -0.39 is 6.61 Å². The van der Waals surface area contributed by atoms with Crippen molar-refractivity contribution < 1.29 is 14.3 Å². The molecule has 1 amide bonds. The molecular formula is C17H21N3O3. The van der Waals surface area contributed by atoms with Crippen molar-refractivity contribution in [2.24, 2.45) is 0 Å². The number of carbonyl (C=O) groups is 1. The van der Waals surface area contributed by atoms with E-state index >= 15 is 0 Å². The molecule has 1 saturated heterocycles. The fraction of sp³-hybridized carbons (Fsp3) is 0.412. The molecule has 23 heavy (non-hydrogen) atoms. The SMILES string of the molecule is CC(c1ncc(-c2ccccc2)o1)N1CCN(C(=O)CO)CC1. The molecule has 0 spiro atoms. The zero-order valence-electron chi connectivity index (χ0n) is 13.2. The predicted molar refractivity (Wildman–Crippen MR) is 85.6 cm³/mol. The van der Waals surface area contributed by atoms with Gasteiger partial charge in [0.2, 0.25) is 11.8 Å². The first-order chi connectivity index (χ1) is 11.2. The molecule has 0 aliphatic carbocycles. The Morgan fingerprint density at radius 3 is 2.61 bits per heavy atom. The Labute approximate surface area is 135 Å². The van der Waals surface area contributed by atoms with Crippen LogP contribution in [0.4, 0.5) is 0 Å². The molecule has 1 fully saturated rings. The second-order valence-electron chi connectivity index (χ2n) is 5.68. The number of aromatic nitrogens is 1. The van der Waals surface area contributed by atoms with E-state index in [9.17, 15) is 4.79 Å². The maximum absolute atomic E-state index is 11.5. The highest BCUT2D eigenvalue weighted by molar-refractivity contribution is 5.77. The zero-order valence-corrected chi connectivity index (χ0v) is 13.2. The van der Waals surface area contributed by atoms with E-state index in [-0.39, 0.29) is 11.9 Å². The lowest BCUT2D eigenvalue weighted by molar-refractivity contribution is -0.136. The third-order valence-electron chi connectivity index (χ3n) is 4.29. The van der Waals surface area contributed by atoms with Gasteiger partial charge in [-0.3, -0.25) is 9.69 Å². The molecule has 1 aliphatic rings. The molecule has 2 aromatic rings. The van der Waals surface area contributed by atoms with Crippen LogP contribution in [-0.2, 0) is 4.79 Å². The van der Waals surface area contributed by atoms with Crippen LogP contribution >= 0.6 is 0 Å². The Morgan fingerprint density at radius 2 is 1.96 bits per heavy atom. The second-order valence-corrected chi connectivity index (χ2v) is 5.68. The summed E-state index contributed by atoms with van der Waals surface area (Å²) >= 11 is 0. The summed E-state index contributed by atoms with van der Waals surface area (Å²) in [4.78, 5) is 19.8. The van der Waals surface area contributed by atoms with Gasteiger partial charge in [0.25, 0.3) is 0 Å². The van der Waals surface area contributed by atoms with Gasteiger partial charge in [0.1, 0.15) is 6.61 Å². The third-order valence-corrected chi connectivity index (χ3v) is 4.29. The molecule has 0 saturated carbocycles. The van der Waals surface area contributed by atoms with E-state index in [2.05, 4.69) is 16.8 Å². The van der Waals surface area contributed by atoms with E-state index in [1.54, 1.807) is 11.1 Å². The number of nitrogens with zero attached hydrogens (tertiary/aromatic N) is 3. The molecule has 6 nitrogen and oxygen atoms in total. The summed E-state index contributed by atoms with van der Waals surface area (Å²) in [6, 6.07) is 9.95. The zero-order chi connectivity index (χ0) is 16.2. The Hall–Kier alpha value is -2.18. The summed E-state index contributed by atoms with van der Waals surface area (Å²) in [5.41, 5.74) is 1.01. The van der Waals surface area contributed by atoms with Crippen molar-refractivity contribution in [3.05, 3.63) is 42.4 Å².